The second-order valence-electron chi connectivity index (χ2n) is 6.34. The summed E-state index contributed by atoms with van der Waals surface area (Å²) < 4.78 is 5.39. The summed E-state index contributed by atoms with van der Waals surface area (Å²) in [6.45, 7) is 1.52. The third kappa shape index (κ3) is 2.21. The number of carbonyl (C=O) groups excluding carboxylic acids is 1. The maximum absolute atomic E-state index is 12.0. The van der Waals surface area contributed by atoms with Crippen molar-refractivity contribution in [2.24, 2.45) is 22.7 Å². The summed E-state index contributed by atoms with van der Waals surface area (Å²) in [6.07, 6.45) is 6.41. The third-order valence-corrected chi connectivity index (χ3v) is 6.41. The van der Waals surface area contributed by atoms with E-state index >= 15 is 0 Å². The highest BCUT2D eigenvalue weighted by atomic mass is 32.2. The van der Waals surface area contributed by atoms with Crippen LogP contribution in [0.5, 0.6) is 0 Å². The van der Waals surface area contributed by atoms with Crippen LogP contribution in [0.4, 0.5) is 0 Å². The Balaban J connectivity index is 1.38. The first kappa shape index (κ1) is 12.2. The van der Waals surface area contributed by atoms with E-state index in [0.29, 0.717) is 12.0 Å². The smallest absolute Gasteiger partial charge is 0.262 e. The third-order valence-electron chi connectivity index (χ3n) is 5.13. The van der Waals surface area contributed by atoms with Gasteiger partial charge in [0.05, 0.1) is 11.9 Å². The molecule has 0 aromatic rings. The van der Waals surface area contributed by atoms with E-state index in [1.165, 1.54) is 25.7 Å². The van der Waals surface area contributed by atoms with E-state index in [1.807, 2.05) is 0 Å². The standard InChI is InChI=1S/C14H20N2O2S/c17-13-12(10-3-4-18-7-10)19-14(16-13)15-11-6-8-1-2-9(11)5-8/h8-12H,1-7H2,(H,15,16,17)/t8-,9-,10+,11-,12?/m0/s1. The van der Waals surface area contributed by atoms with Crippen LogP contribution in [0.2, 0.25) is 0 Å². The number of thioether (sulfide) groups is 1. The second kappa shape index (κ2) is 4.77. The minimum atomic E-state index is 0.00332. The molecule has 2 heterocycles. The van der Waals surface area contributed by atoms with Crippen LogP contribution in [0.3, 0.4) is 0 Å². The molecule has 1 amide bonds. The molecule has 2 aliphatic carbocycles. The van der Waals surface area contributed by atoms with Crippen molar-refractivity contribution in [3.8, 4) is 0 Å². The Bertz CT molecular complexity index is 420. The zero-order chi connectivity index (χ0) is 12.8. The SMILES string of the molecule is O=C1N=C(N[C@H]2C[C@H]3CC[C@H]2C3)SC1[C@@H]1CCOC1. The summed E-state index contributed by atoms with van der Waals surface area (Å²) in [7, 11) is 0. The van der Waals surface area contributed by atoms with E-state index in [9.17, 15) is 4.79 Å². The molecule has 4 nitrogen and oxygen atoms in total. The van der Waals surface area contributed by atoms with Crippen molar-refractivity contribution in [2.45, 2.75) is 43.4 Å². The summed E-state index contributed by atoms with van der Waals surface area (Å²) in [5.41, 5.74) is 0. The first-order chi connectivity index (χ1) is 9.29. The van der Waals surface area contributed by atoms with Gasteiger partial charge in [0.15, 0.2) is 5.17 Å². The fraction of sp³-hybridized carbons (Fsp3) is 0.857. The predicted octanol–water partition coefficient (Wildman–Crippen LogP) is 1.80. The molecule has 19 heavy (non-hydrogen) atoms. The molecule has 1 N–H and O–H groups in total. The Kier molecular flexibility index (Phi) is 3.07. The largest absolute Gasteiger partial charge is 0.381 e. The molecule has 2 saturated carbocycles. The maximum Gasteiger partial charge on any atom is 0.262 e. The summed E-state index contributed by atoms with van der Waals surface area (Å²) in [5, 5.41) is 4.42. The van der Waals surface area contributed by atoms with Crippen LogP contribution in [0.1, 0.15) is 32.1 Å². The van der Waals surface area contributed by atoms with Crippen LogP contribution in [0, 0.1) is 17.8 Å². The lowest BCUT2D eigenvalue weighted by atomic mass is 9.96. The zero-order valence-electron chi connectivity index (χ0n) is 11.0. The molecule has 0 radical (unpaired) electrons. The Hall–Kier alpha value is -0.550. The number of hydrogen-bond acceptors (Lipinski definition) is 4. The highest BCUT2D eigenvalue weighted by Gasteiger charge is 2.42. The molecule has 1 unspecified atom stereocenters. The highest BCUT2D eigenvalue weighted by molar-refractivity contribution is 8.15. The lowest BCUT2D eigenvalue weighted by Crippen LogP contribution is -2.36. The van der Waals surface area contributed by atoms with Gasteiger partial charge in [-0.25, -0.2) is 0 Å². The highest BCUT2D eigenvalue weighted by Crippen LogP contribution is 2.45. The minimum Gasteiger partial charge on any atom is -0.381 e. The van der Waals surface area contributed by atoms with E-state index in [0.717, 1.165) is 36.6 Å². The van der Waals surface area contributed by atoms with Gasteiger partial charge < -0.3 is 10.1 Å². The molecule has 1 saturated heterocycles. The van der Waals surface area contributed by atoms with E-state index in [4.69, 9.17) is 4.74 Å². The van der Waals surface area contributed by atoms with Gasteiger partial charge in [0.1, 0.15) is 0 Å². The Morgan fingerprint density at radius 2 is 2.16 bits per heavy atom. The van der Waals surface area contributed by atoms with E-state index in [2.05, 4.69) is 10.3 Å². The van der Waals surface area contributed by atoms with Crippen LogP contribution in [0.15, 0.2) is 4.99 Å². The van der Waals surface area contributed by atoms with Gasteiger partial charge >= 0.3 is 0 Å². The van der Waals surface area contributed by atoms with Crippen LogP contribution in [0.25, 0.3) is 0 Å². The van der Waals surface area contributed by atoms with E-state index < -0.39 is 0 Å². The summed E-state index contributed by atoms with van der Waals surface area (Å²) in [5.74, 6) is 2.15. The fourth-order valence-corrected chi connectivity index (χ4v) is 5.26. The average Bonchev–Trinajstić information content (AvgIpc) is 3.12. The number of rotatable bonds is 2. The maximum atomic E-state index is 12.0. The number of ether oxygens (including phenoxy) is 1. The molecule has 104 valence electrons. The number of aliphatic imine (C=N–C) groups is 1. The molecular formula is C14H20N2O2S. The number of carbonyl (C=O) groups is 1. The van der Waals surface area contributed by atoms with Gasteiger partial charge in [-0.2, -0.15) is 4.99 Å². The van der Waals surface area contributed by atoms with Gasteiger partial charge in [-0.05, 0) is 37.5 Å². The fourth-order valence-electron chi connectivity index (χ4n) is 4.10. The first-order valence-corrected chi connectivity index (χ1v) is 8.31. The lowest BCUT2D eigenvalue weighted by Gasteiger charge is -2.23. The van der Waals surface area contributed by atoms with Crippen LogP contribution in [-0.2, 0) is 9.53 Å². The summed E-state index contributed by atoms with van der Waals surface area (Å²) >= 11 is 1.64. The van der Waals surface area contributed by atoms with Gasteiger partial charge in [-0.3, -0.25) is 4.79 Å². The van der Waals surface area contributed by atoms with Crippen LogP contribution in [-0.4, -0.2) is 35.6 Å². The van der Waals surface area contributed by atoms with Gasteiger partial charge in [-0.15, -0.1) is 0 Å². The number of amidine groups is 1. The number of amides is 1. The van der Waals surface area contributed by atoms with Crippen molar-refractivity contribution in [1.29, 1.82) is 0 Å². The number of hydrogen-bond donors (Lipinski definition) is 1. The van der Waals surface area contributed by atoms with Crippen LogP contribution >= 0.6 is 11.8 Å². The molecule has 4 rings (SSSR count). The van der Waals surface area contributed by atoms with Crippen molar-refractivity contribution in [2.75, 3.05) is 13.2 Å². The normalized spacial score (nSPS) is 44.9. The zero-order valence-corrected chi connectivity index (χ0v) is 11.8. The summed E-state index contributed by atoms with van der Waals surface area (Å²) in [6, 6.07) is 0.566. The Labute approximate surface area is 117 Å². The molecule has 3 fully saturated rings. The van der Waals surface area contributed by atoms with Gasteiger partial charge in [-0.1, -0.05) is 18.2 Å². The average molecular weight is 280 g/mol. The van der Waals surface area contributed by atoms with Crippen molar-refractivity contribution < 1.29 is 9.53 Å². The monoisotopic (exact) mass is 280 g/mol. The van der Waals surface area contributed by atoms with E-state index in [-0.39, 0.29) is 11.2 Å². The Morgan fingerprint density at radius 1 is 1.21 bits per heavy atom. The van der Waals surface area contributed by atoms with Crippen LogP contribution < -0.4 is 5.32 Å². The van der Waals surface area contributed by atoms with Gasteiger partial charge in [0.2, 0.25) is 0 Å². The first-order valence-electron chi connectivity index (χ1n) is 7.43. The van der Waals surface area contributed by atoms with Crippen molar-refractivity contribution in [1.82, 2.24) is 5.32 Å². The quantitative estimate of drug-likeness (QED) is 0.838. The predicted molar refractivity (Wildman–Crippen MR) is 75.1 cm³/mol. The molecule has 2 aliphatic heterocycles. The molecule has 0 spiro atoms. The van der Waals surface area contributed by atoms with Crippen molar-refractivity contribution >= 4 is 22.8 Å². The lowest BCUT2D eigenvalue weighted by molar-refractivity contribution is -0.117. The topological polar surface area (TPSA) is 50.7 Å². The second-order valence-corrected chi connectivity index (χ2v) is 7.47. The van der Waals surface area contributed by atoms with Gasteiger partial charge in [0, 0.05) is 18.6 Å². The van der Waals surface area contributed by atoms with E-state index in [1.54, 1.807) is 11.8 Å². The molecule has 5 heteroatoms. The molecule has 0 aromatic heterocycles. The molecule has 4 aliphatic rings. The number of nitrogens with one attached hydrogen (secondary N) is 1. The molecule has 0 aromatic carbocycles. The van der Waals surface area contributed by atoms with Gasteiger partial charge in [0.25, 0.3) is 5.91 Å². The van der Waals surface area contributed by atoms with Crippen molar-refractivity contribution in [3.05, 3.63) is 0 Å². The molecule has 5 atom stereocenters. The number of nitrogens with zero attached hydrogens (tertiary/aromatic N) is 1. The molecule has 2 bridgehead atoms. The summed E-state index contributed by atoms with van der Waals surface area (Å²) in [4.78, 5) is 16.2. The molecular weight excluding hydrogens is 260 g/mol. The minimum absolute atomic E-state index is 0.00332. The van der Waals surface area contributed by atoms with Crippen molar-refractivity contribution in [3.63, 3.8) is 0 Å². The number of fused-ring (bicyclic) bond motifs is 2. The Morgan fingerprint density at radius 3 is 2.84 bits per heavy atom.